The zero-order valence-electron chi connectivity index (χ0n) is 16.7. The zero-order valence-corrected chi connectivity index (χ0v) is 16.7. The monoisotopic (exact) mass is 402 g/mol. The summed E-state index contributed by atoms with van der Waals surface area (Å²) in [6, 6.07) is 5.67. The molecule has 1 aliphatic heterocycles. The molecule has 0 radical (unpaired) electrons. The number of nitrogens with two attached hydrogens (primary N) is 1. The number of nitrogens with zero attached hydrogens (tertiary/aromatic N) is 3. The van der Waals surface area contributed by atoms with E-state index in [1.807, 2.05) is 18.2 Å². The second-order valence-corrected chi connectivity index (χ2v) is 7.33. The van der Waals surface area contributed by atoms with Crippen molar-refractivity contribution in [2.45, 2.75) is 43.7 Å². The number of methoxy groups -OCH3 is 2. The molecule has 1 aromatic carbocycles. The largest absolute Gasteiger partial charge is 0.486 e. The topological polar surface area (TPSA) is 111 Å². The van der Waals surface area contributed by atoms with E-state index in [2.05, 4.69) is 10.1 Å². The molecule has 9 nitrogen and oxygen atoms in total. The molecular weight excluding hydrogens is 376 g/mol. The van der Waals surface area contributed by atoms with Crippen LogP contribution in [0, 0.1) is 0 Å². The second-order valence-electron chi connectivity index (χ2n) is 7.33. The molecule has 9 heteroatoms. The standard InChI is InChI=1S/C20H26N4O5/c1-26-16-9-12(3-5-14(16)21)20-22-18(11-19(25)27-2)23-24(20)13-4-6-15-17(10-13)29-8-7-28-15/h4,6,10,12,14,16H,3,5,7-9,11,21H2,1-2H3/t12-,14+,16+/m0/s1. The van der Waals surface area contributed by atoms with Crippen LogP contribution >= 0.6 is 0 Å². The number of hydrogen-bond acceptors (Lipinski definition) is 8. The summed E-state index contributed by atoms with van der Waals surface area (Å²) in [6.07, 6.45) is 2.44. The maximum Gasteiger partial charge on any atom is 0.313 e. The first-order valence-electron chi connectivity index (χ1n) is 9.80. The molecular formula is C20H26N4O5. The van der Waals surface area contributed by atoms with Crippen molar-refractivity contribution in [3.8, 4) is 17.2 Å². The third-order valence-corrected chi connectivity index (χ3v) is 5.49. The molecule has 0 spiro atoms. The minimum Gasteiger partial charge on any atom is -0.486 e. The van der Waals surface area contributed by atoms with Gasteiger partial charge in [0.05, 0.1) is 18.9 Å². The quantitative estimate of drug-likeness (QED) is 0.747. The lowest BCUT2D eigenvalue weighted by Crippen LogP contribution is -2.41. The van der Waals surface area contributed by atoms with Crippen LogP contribution in [0.4, 0.5) is 0 Å². The van der Waals surface area contributed by atoms with Gasteiger partial charge in [0, 0.05) is 25.1 Å². The maximum atomic E-state index is 11.8. The van der Waals surface area contributed by atoms with Crippen molar-refractivity contribution < 1.29 is 23.7 Å². The minimum absolute atomic E-state index is 0.0106. The molecule has 2 heterocycles. The van der Waals surface area contributed by atoms with Gasteiger partial charge in [0.25, 0.3) is 0 Å². The van der Waals surface area contributed by atoms with E-state index in [0.717, 1.165) is 30.8 Å². The Bertz CT molecular complexity index is 884. The summed E-state index contributed by atoms with van der Waals surface area (Å²) >= 11 is 0. The van der Waals surface area contributed by atoms with Crippen molar-refractivity contribution in [2.75, 3.05) is 27.4 Å². The summed E-state index contributed by atoms with van der Waals surface area (Å²) in [6.45, 7) is 1.04. The minimum atomic E-state index is -0.378. The predicted molar refractivity (Wildman–Crippen MR) is 103 cm³/mol. The highest BCUT2D eigenvalue weighted by Gasteiger charge is 2.33. The molecule has 29 heavy (non-hydrogen) atoms. The molecule has 156 valence electrons. The van der Waals surface area contributed by atoms with Crippen LogP contribution in [0.3, 0.4) is 0 Å². The molecule has 1 fully saturated rings. The SMILES string of the molecule is COC(=O)Cc1nc([C@H]2CC[C@@H](N)[C@H](OC)C2)n(-c2ccc3c(c2)OCCO3)n1. The van der Waals surface area contributed by atoms with Gasteiger partial charge in [-0.15, -0.1) is 0 Å². The van der Waals surface area contributed by atoms with Gasteiger partial charge in [0.1, 0.15) is 25.5 Å². The lowest BCUT2D eigenvalue weighted by molar-refractivity contribution is -0.139. The number of aromatic nitrogens is 3. The van der Waals surface area contributed by atoms with Gasteiger partial charge < -0.3 is 24.7 Å². The van der Waals surface area contributed by atoms with Crippen LogP contribution in [0.1, 0.15) is 36.8 Å². The first-order valence-corrected chi connectivity index (χ1v) is 9.80. The van der Waals surface area contributed by atoms with Crippen molar-refractivity contribution in [1.29, 1.82) is 0 Å². The third kappa shape index (κ3) is 4.06. The van der Waals surface area contributed by atoms with Crippen LogP contribution in [0.5, 0.6) is 11.5 Å². The fraction of sp³-hybridized carbons (Fsp3) is 0.550. The molecule has 1 saturated carbocycles. The van der Waals surface area contributed by atoms with Crippen LogP contribution in [0.25, 0.3) is 5.69 Å². The van der Waals surface area contributed by atoms with Gasteiger partial charge in [-0.25, -0.2) is 9.67 Å². The number of carbonyl (C=O) groups is 1. The Morgan fingerprint density at radius 3 is 2.79 bits per heavy atom. The number of ether oxygens (including phenoxy) is 4. The maximum absolute atomic E-state index is 11.8. The van der Waals surface area contributed by atoms with Crippen LogP contribution in [-0.2, 0) is 20.7 Å². The molecule has 0 amide bonds. The second kappa shape index (κ2) is 8.38. The molecule has 4 rings (SSSR count). The molecule has 1 aliphatic carbocycles. The van der Waals surface area contributed by atoms with Crippen molar-refractivity contribution in [2.24, 2.45) is 5.73 Å². The van der Waals surface area contributed by atoms with Gasteiger partial charge in [0.15, 0.2) is 17.3 Å². The van der Waals surface area contributed by atoms with E-state index in [1.54, 1.807) is 11.8 Å². The Balaban J connectivity index is 1.70. The van der Waals surface area contributed by atoms with E-state index >= 15 is 0 Å². The van der Waals surface area contributed by atoms with Crippen LogP contribution < -0.4 is 15.2 Å². The van der Waals surface area contributed by atoms with Crippen molar-refractivity contribution in [3.63, 3.8) is 0 Å². The summed E-state index contributed by atoms with van der Waals surface area (Å²) in [7, 11) is 3.04. The first kappa shape index (κ1) is 19.7. The number of benzene rings is 1. The smallest absolute Gasteiger partial charge is 0.313 e. The molecule has 2 N–H and O–H groups in total. The third-order valence-electron chi connectivity index (χ3n) is 5.49. The van der Waals surface area contributed by atoms with Crippen LogP contribution in [0.15, 0.2) is 18.2 Å². The van der Waals surface area contributed by atoms with Gasteiger partial charge in [-0.2, -0.15) is 5.10 Å². The van der Waals surface area contributed by atoms with Gasteiger partial charge in [-0.05, 0) is 31.4 Å². The summed E-state index contributed by atoms with van der Waals surface area (Å²) in [5, 5.41) is 4.60. The van der Waals surface area contributed by atoms with Gasteiger partial charge >= 0.3 is 5.97 Å². The number of hydrogen-bond donors (Lipinski definition) is 1. The average molecular weight is 402 g/mol. The van der Waals surface area contributed by atoms with Gasteiger partial charge in [-0.1, -0.05) is 0 Å². The number of carbonyl (C=O) groups excluding carboxylic acids is 1. The first-order chi connectivity index (χ1) is 14.1. The normalized spacial score (nSPS) is 23.6. The molecule has 3 atom stereocenters. The predicted octanol–water partition coefficient (Wildman–Crippen LogP) is 1.36. The van der Waals surface area contributed by atoms with E-state index in [4.69, 9.17) is 24.7 Å². The highest BCUT2D eigenvalue weighted by Crippen LogP contribution is 2.36. The van der Waals surface area contributed by atoms with Crippen molar-refractivity contribution in [3.05, 3.63) is 29.8 Å². The van der Waals surface area contributed by atoms with Gasteiger partial charge in [-0.3, -0.25) is 4.79 Å². The highest BCUT2D eigenvalue weighted by molar-refractivity contribution is 5.71. The van der Waals surface area contributed by atoms with Crippen molar-refractivity contribution >= 4 is 5.97 Å². The summed E-state index contributed by atoms with van der Waals surface area (Å²) in [4.78, 5) is 16.4. The molecule has 0 saturated heterocycles. The van der Waals surface area contributed by atoms with E-state index in [0.29, 0.717) is 30.5 Å². The summed E-state index contributed by atoms with van der Waals surface area (Å²) in [5.41, 5.74) is 6.99. The Hall–Kier alpha value is -2.65. The molecule has 0 unspecified atom stereocenters. The lowest BCUT2D eigenvalue weighted by Gasteiger charge is -2.32. The van der Waals surface area contributed by atoms with E-state index in [9.17, 15) is 4.79 Å². The number of fused-ring (bicyclic) bond motifs is 1. The molecule has 1 aromatic heterocycles. The van der Waals surface area contributed by atoms with E-state index < -0.39 is 0 Å². The molecule has 2 aliphatic rings. The van der Waals surface area contributed by atoms with E-state index in [-0.39, 0.29) is 30.5 Å². The zero-order chi connectivity index (χ0) is 20.4. The number of esters is 1. The molecule has 2 aromatic rings. The Morgan fingerprint density at radius 1 is 1.24 bits per heavy atom. The fourth-order valence-electron chi connectivity index (χ4n) is 3.92. The fourth-order valence-corrected chi connectivity index (χ4v) is 3.92. The molecule has 0 bridgehead atoms. The Labute approximate surface area is 169 Å². The Morgan fingerprint density at radius 2 is 2.03 bits per heavy atom. The average Bonchev–Trinajstić information content (AvgIpc) is 3.17. The lowest BCUT2D eigenvalue weighted by atomic mass is 9.83. The number of rotatable bonds is 5. The summed E-state index contributed by atoms with van der Waals surface area (Å²) < 4.78 is 23.5. The van der Waals surface area contributed by atoms with Gasteiger partial charge in [0.2, 0.25) is 0 Å². The Kier molecular flexibility index (Phi) is 5.68. The van der Waals surface area contributed by atoms with Crippen LogP contribution in [0.2, 0.25) is 0 Å². The van der Waals surface area contributed by atoms with Crippen molar-refractivity contribution in [1.82, 2.24) is 14.8 Å². The highest BCUT2D eigenvalue weighted by atomic mass is 16.6. The van der Waals surface area contributed by atoms with E-state index in [1.165, 1.54) is 7.11 Å². The van der Waals surface area contributed by atoms with Crippen LogP contribution in [-0.4, -0.2) is 60.3 Å². The summed E-state index contributed by atoms with van der Waals surface area (Å²) in [5.74, 6) is 2.33.